The maximum Gasteiger partial charge on any atom is 0.0772 e. The van der Waals surface area contributed by atoms with Crippen LogP contribution in [0.3, 0.4) is 0 Å². The monoisotopic (exact) mass is 326 g/mol. The molecular weight excluding hydrogens is 304 g/mol. The first-order valence-corrected chi connectivity index (χ1v) is 7.78. The van der Waals surface area contributed by atoms with Crippen LogP contribution in [0, 0.1) is 0 Å². The first-order valence-electron chi connectivity index (χ1n) is 6.99. The highest BCUT2D eigenvalue weighted by Gasteiger charge is 2.13. The number of aliphatic hydroxyl groups is 1. The van der Waals surface area contributed by atoms with Gasteiger partial charge in [-0.15, -0.1) is 0 Å². The molecule has 2 rings (SSSR count). The lowest BCUT2D eigenvalue weighted by atomic mass is 10.1. The van der Waals surface area contributed by atoms with Gasteiger partial charge in [-0.3, -0.25) is 0 Å². The molecule has 1 aromatic carbocycles. The van der Waals surface area contributed by atoms with Crippen LogP contribution < -0.4 is 4.90 Å². The second-order valence-electron chi connectivity index (χ2n) is 5.35. The van der Waals surface area contributed by atoms with E-state index in [0.29, 0.717) is 0 Å². The molecule has 1 heterocycles. The second-order valence-corrected chi connectivity index (χ2v) is 6.21. The molecular formula is C15H23BrN2O. The smallest absolute Gasteiger partial charge is 0.0772 e. The number of rotatable bonds is 5. The molecule has 0 amide bonds. The van der Waals surface area contributed by atoms with E-state index in [1.54, 1.807) is 6.92 Å². The third kappa shape index (κ3) is 3.94. The van der Waals surface area contributed by atoms with E-state index in [1.165, 1.54) is 31.6 Å². The summed E-state index contributed by atoms with van der Waals surface area (Å²) in [5.41, 5.74) is 2.13. The zero-order valence-corrected chi connectivity index (χ0v) is 13.4. The maximum atomic E-state index is 9.63. The van der Waals surface area contributed by atoms with E-state index in [0.717, 1.165) is 23.1 Å². The zero-order chi connectivity index (χ0) is 13.8. The van der Waals surface area contributed by atoms with Gasteiger partial charge in [-0.25, -0.2) is 0 Å². The average molecular weight is 327 g/mol. The van der Waals surface area contributed by atoms with Crippen LogP contribution in [0.25, 0.3) is 0 Å². The number of nitrogens with zero attached hydrogens (tertiary/aromatic N) is 2. The summed E-state index contributed by atoms with van der Waals surface area (Å²) in [7, 11) is 2.12. The number of hydrogen-bond acceptors (Lipinski definition) is 3. The number of likely N-dealkylation sites (tertiary alicyclic amines) is 1. The molecule has 1 N–H and O–H groups in total. The third-order valence-corrected chi connectivity index (χ3v) is 4.51. The van der Waals surface area contributed by atoms with Gasteiger partial charge in [0.05, 0.1) is 6.10 Å². The molecule has 19 heavy (non-hydrogen) atoms. The maximum absolute atomic E-state index is 9.63. The standard InChI is InChI=1S/C15H23BrN2O/c1-12(19)14-6-5-13(11-15(14)16)17(2)9-10-18-7-3-4-8-18/h5-6,11-12,19H,3-4,7-10H2,1-2H3. The van der Waals surface area contributed by atoms with Gasteiger partial charge in [-0.1, -0.05) is 22.0 Å². The highest BCUT2D eigenvalue weighted by molar-refractivity contribution is 9.10. The number of anilines is 1. The Morgan fingerprint density at radius 2 is 2.05 bits per heavy atom. The van der Waals surface area contributed by atoms with E-state index in [1.807, 2.05) is 6.07 Å². The lowest BCUT2D eigenvalue weighted by molar-refractivity contribution is 0.198. The van der Waals surface area contributed by atoms with Crippen molar-refractivity contribution in [1.82, 2.24) is 4.90 Å². The SMILES string of the molecule is CC(O)c1ccc(N(C)CCN2CCCC2)cc1Br. The Morgan fingerprint density at radius 3 is 2.63 bits per heavy atom. The molecule has 1 aromatic rings. The molecule has 0 bridgehead atoms. The lowest BCUT2D eigenvalue weighted by Gasteiger charge is -2.24. The number of hydrogen-bond donors (Lipinski definition) is 1. The van der Waals surface area contributed by atoms with E-state index in [-0.39, 0.29) is 0 Å². The summed E-state index contributed by atoms with van der Waals surface area (Å²) < 4.78 is 0.980. The molecule has 1 aliphatic heterocycles. The van der Waals surface area contributed by atoms with Gasteiger partial charge in [-0.2, -0.15) is 0 Å². The van der Waals surface area contributed by atoms with Crippen molar-refractivity contribution in [2.45, 2.75) is 25.9 Å². The van der Waals surface area contributed by atoms with Crippen molar-refractivity contribution in [2.75, 3.05) is 38.1 Å². The Morgan fingerprint density at radius 1 is 1.37 bits per heavy atom. The van der Waals surface area contributed by atoms with Crippen molar-refractivity contribution in [2.24, 2.45) is 0 Å². The second kappa shape index (κ2) is 6.73. The van der Waals surface area contributed by atoms with Crippen molar-refractivity contribution >= 4 is 21.6 Å². The number of benzene rings is 1. The minimum Gasteiger partial charge on any atom is -0.389 e. The van der Waals surface area contributed by atoms with Gasteiger partial charge in [0.1, 0.15) is 0 Å². The summed E-state index contributed by atoms with van der Waals surface area (Å²) in [4.78, 5) is 4.80. The van der Waals surface area contributed by atoms with Crippen molar-refractivity contribution in [3.05, 3.63) is 28.2 Å². The molecule has 0 aromatic heterocycles. The predicted molar refractivity (Wildman–Crippen MR) is 83.7 cm³/mol. The number of aliphatic hydroxyl groups excluding tert-OH is 1. The van der Waals surface area contributed by atoms with Gasteiger partial charge in [0.15, 0.2) is 0 Å². The van der Waals surface area contributed by atoms with Crippen LogP contribution in [0.2, 0.25) is 0 Å². The molecule has 0 radical (unpaired) electrons. The summed E-state index contributed by atoms with van der Waals surface area (Å²) >= 11 is 3.54. The average Bonchev–Trinajstić information content (AvgIpc) is 2.88. The summed E-state index contributed by atoms with van der Waals surface area (Å²) in [5, 5.41) is 9.63. The molecule has 1 saturated heterocycles. The molecule has 106 valence electrons. The summed E-state index contributed by atoms with van der Waals surface area (Å²) in [6.45, 7) is 6.46. The van der Waals surface area contributed by atoms with E-state index >= 15 is 0 Å². The summed E-state index contributed by atoms with van der Waals surface area (Å²) in [5.74, 6) is 0. The van der Waals surface area contributed by atoms with Crippen molar-refractivity contribution < 1.29 is 5.11 Å². The molecule has 1 unspecified atom stereocenters. The van der Waals surface area contributed by atoms with Gasteiger partial charge in [0.2, 0.25) is 0 Å². The van der Waals surface area contributed by atoms with Crippen LogP contribution in [0.15, 0.2) is 22.7 Å². The third-order valence-electron chi connectivity index (χ3n) is 3.83. The highest BCUT2D eigenvalue weighted by Crippen LogP contribution is 2.27. The van der Waals surface area contributed by atoms with Crippen molar-refractivity contribution in [3.8, 4) is 0 Å². The number of likely N-dealkylation sites (N-methyl/N-ethyl adjacent to an activating group) is 1. The molecule has 1 aliphatic rings. The van der Waals surface area contributed by atoms with Crippen molar-refractivity contribution in [1.29, 1.82) is 0 Å². The molecule has 4 heteroatoms. The lowest BCUT2D eigenvalue weighted by Crippen LogP contribution is -2.31. The molecule has 0 aliphatic carbocycles. The molecule has 1 atom stereocenters. The van der Waals surface area contributed by atoms with Gasteiger partial charge in [0, 0.05) is 30.3 Å². The van der Waals surface area contributed by atoms with Crippen molar-refractivity contribution in [3.63, 3.8) is 0 Å². The minimum atomic E-state index is -0.432. The van der Waals surface area contributed by atoms with Crippen LogP contribution >= 0.6 is 15.9 Å². The summed E-state index contributed by atoms with van der Waals surface area (Å²) in [6.07, 6.45) is 2.26. The van der Waals surface area contributed by atoms with Crippen LogP contribution in [0.4, 0.5) is 5.69 Å². The Bertz CT molecular complexity index is 417. The minimum absolute atomic E-state index is 0.432. The summed E-state index contributed by atoms with van der Waals surface area (Å²) in [6, 6.07) is 6.17. The van der Waals surface area contributed by atoms with Crippen LogP contribution in [0.1, 0.15) is 31.4 Å². The van der Waals surface area contributed by atoms with Gasteiger partial charge >= 0.3 is 0 Å². The topological polar surface area (TPSA) is 26.7 Å². The van der Waals surface area contributed by atoms with Crippen LogP contribution in [-0.4, -0.2) is 43.2 Å². The van der Waals surface area contributed by atoms with Gasteiger partial charge < -0.3 is 14.9 Å². The quantitative estimate of drug-likeness (QED) is 0.900. The Kier molecular flexibility index (Phi) is 5.25. The fourth-order valence-corrected chi connectivity index (χ4v) is 3.22. The molecule has 1 fully saturated rings. The Labute approximate surface area is 124 Å². The molecule has 0 spiro atoms. The highest BCUT2D eigenvalue weighted by atomic mass is 79.9. The first kappa shape index (κ1) is 14.8. The van der Waals surface area contributed by atoms with E-state index in [2.05, 4.69) is 44.9 Å². The fraction of sp³-hybridized carbons (Fsp3) is 0.600. The Balaban J connectivity index is 1.94. The first-order chi connectivity index (χ1) is 9.08. The number of halogens is 1. The predicted octanol–water partition coefficient (Wildman–Crippen LogP) is 3.03. The largest absolute Gasteiger partial charge is 0.389 e. The normalized spacial score (nSPS) is 17.7. The van der Waals surface area contributed by atoms with E-state index in [4.69, 9.17) is 0 Å². The molecule has 0 saturated carbocycles. The van der Waals surface area contributed by atoms with E-state index in [9.17, 15) is 5.11 Å². The van der Waals surface area contributed by atoms with Gasteiger partial charge in [-0.05, 0) is 50.6 Å². The molecule has 3 nitrogen and oxygen atoms in total. The van der Waals surface area contributed by atoms with Crippen LogP contribution in [-0.2, 0) is 0 Å². The van der Waals surface area contributed by atoms with Crippen LogP contribution in [0.5, 0.6) is 0 Å². The fourth-order valence-electron chi connectivity index (χ4n) is 2.52. The Hall–Kier alpha value is -0.580. The van der Waals surface area contributed by atoms with E-state index < -0.39 is 6.10 Å². The van der Waals surface area contributed by atoms with Gasteiger partial charge in [0.25, 0.3) is 0 Å². The zero-order valence-electron chi connectivity index (χ0n) is 11.8.